The van der Waals surface area contributed by atoms with Crippen LogP contribution in [0.4, 0.5) is 0 Å². The average Bonchev–Trinajstić information content (AvgIpc) is 2.91. The molecule has 1 saturated carbocycles. The molecule has 0 unspecified atom stereocenters. The van der Waals surface area contributed by atoms with Gasteiger partial charge in [0.2, 0.25) is 0 Å². The summed E-state index contributed by atoms with van der Waals surface area (Å²) in [4.78, 5) is 16.6. The molecule has 21 heavy (non-hydrogen) atoms. The summed E-state index contributed by atoms with van der Waals surface area (Å²) in [5.41, 5.74) is 1.29. The Bertz CT molecular complexity index is 662. The molecule has 0 saturated heterocycles. The van der Waals surface area contributed by atoms with Gasteiger partial charge in [-0.05, 0) is 41.8 Å². The molecule has 0 N–H and O–H groups in total. The third-order valence-corrected chi connectivity index (χ3v) is 4.36. The second-order valence-corrected chi connectivity index (χ2v) is 6.14. The minimum absolute atomic E-state index is 0.325. The standard InChI is InChI=1S/C15H18BrN3O2/c1-2-21-15(20)11-8-13(16)18-14-12(11)9-17-19(14)10-6-4-3-5-7-10/h8-10H,2-7H2,1H3. The molecule has 2 aromatic rings. The summed E-state index contributed by atoms with van der Waals surface area (Å²) in [7, 11) is 0. The maximum absolute atomic E-state index is 12.1. The van der Waals surface area contributed by atoms with Gasteiger partial charge in [-0.15, -0.1) is 0 Å². The van der Waals surface area contributed by atoms with E-state index >= 15 is 0 Å². The Morgan fingerprint density at radius 3 is 2.90 bits per heavy atom. The Kier molecular flexibility index (Phi) is 4.24. The number of pyridine rings is 1. The normalized spacial score (nSPS) is 16.3. The third-order valence-electron chi connectivity index (χ3n) is 3.95. The van der Waals surface area contributed by atoms with E-state index in [1.807, 2.05) is 4.68 Å². The number of hydrogen-bond acceptors (Lipinski definition) is 4. The number of halogens is 1. The Hall–Kier alpha value is -1.43. The van der Waals surface area contributed by atoms with Crippen LogP contribution in [0.5, 0.6) is 0 Å². The lowest BCUT2D eigenvalue weighted by Gasteiger charge is -2.22. The molecule has 112 valence electrons. The van der Waals surface area contributed by atoms with Gasteiger partial charge in [-0.2, -0.15) is 5.10 Å². The molecule has 0 aromatic carbocycles. The number of ether oxygens (including phenoxy) is 1. The first-order chi connectivity index (χ1) is 10.2. The molecule has 0 radical (unpaired) electrons. The Labute approximate surface area is 131 Å². The van der Waals surface area contributed by atoms with Gasteiger partial charge in [-0.25, -0.2) is 14.5 Å². The molecule has 1 aliphatic carbocycles. The predicted molar refractivity (Wildman–Crippen MR) is 83.3 cm³/mol. The molecule has 0 spiro atoms. The van der Waals surface area contributed by atoms with Crippen molar-refractivity contribution in [3.05, 3.63) is 22.4 Å². The van der Waals surface area contributed by atoms with Gasteiger partial charge >= 0.3 is 5.97 Å². The van der Waals surface area contributed by atoms with E-state index in [4.69, 9.17) is 4.74 Å². The van der Waals surface area contributed by atoms with E-state index in [1.165, 1.54) is 19.3 Å². The van der Waals surface area contributed by atoms with Crippen LogP contribution in [-0.2, 0) is 4.74 Å². The number of aromatic nitrogens is 3. The summed E-state index contributed by atoms with van der Waals surface area (Å²) in [5, 5.41) is 5.25. The van der Waals surface area contributed by atoms with Crippen LogP contribution in [0.3, 0.4) is 0 Å². The lowest BCUT2D eigenvalue weighted by atomic mass is 9.96. The molecular weight excluding hydrogens is 334 g/mol. The SMILES string of the molecule is CCOC(=O)c1cc(Br)nc2c1cnn2C1CCCCC1. The topological polar surface area (TPSA) is 57.0 Å². The lowest BCUT2D eigenvalue weighted by molar-refractivity contribution is 0.0528. The summed E-state index contributed by atoms with van der Waals surface area (Å²) < 4.78 is 7.73. The zero-order chi connectivity index (χ0) is 14.8. The van der Waals surface area contributed by atoms with Gasteiger partial charge in [0.1, 0.15) is 4.60 Å². The average molecular weight is 352 g/mol. The van der Waals surface area contributed by atoms with Crippen LogP contribution < -0.4 is 0 Å². The van der Waals surface area contributed by atoms with E-state index < -0.39 is 0 Å². The van der Waals surface area contributed by atoms with E-state index in [2.05, 4.69) is 26.0 Å². The van der Waals surface area contributed by atoms with Crippen LogP contribution in [0, 0.1) is 0 Å². The van der Waals surface area contributed by atoms with Crippen LogP contribution in [0.1, 0.15) is 55.4 Å². The molecular formula is C15H18BrN3O2. The molecule has 2 heterocycles. The predicted octanol–water partition coefficient (Wildman–Crippen LogP) is 3.88. The number of rotatable bonds is 3. The molecule has 0 atom stereocenters. The van der Waals surface area contributed by atoms with E-state index in [-0.39, 0.29) is 5.97 Å². The molecule has 0 bridgehead atoms. The van der Waals surface area contributed by atoms with Crippen LogP contribution in [-0.4, -0.2) is 27.3 Å². The fraction of sp³-hybridized carbons (Fsp3) is 0.533. The minimum atomic E-state index is -0.325. The van der Waals surface area contributed by atoms with Crippen molar-refractivity contribution >= 4 is 32.9 Å². The fourth-order valence-corrected chi connectivity index (χ4v) is 3.35. The monoisotopic (exact) mass is 351 g/mol. The summed E-state index contributed by atoms with van der Waals surface area (Å²) >= 11 is 3.39. The number of nitrogens with zero attached hydrogens (tertiary/aromatic N) is 3. The summed E-state index contributed by atoms with van der Waals surface area (Å²) in [6, 6.07) is 2.08. The largest absolute Gasteiger partial charge is 0.462 e. The first-order valence-corrected chi connectivity index (χ1v) is 8.21. The molecule has 0 amide bonds. The quantitative estimate of drug-likeness (QED) is 0.621. The van der Waals surface area contributed by atoms with Crippen molar-refractivity contribution in [2.75, 3.05) is 6.61 Å². The van der Waals surface area contributed by atoms with Crippen LogP contribution >= 0.6 is 15.9 Å². The van der Waals surface area contributed by atoms with Gasteiger partial charge in [-0.1, -0.05) is 19.3 Å². The zero-order valence-corrected chi connectivity index (χ0v) is 13.6. The summed E-state index contributed by atoms with van der Waals surface area (Å²) in [6.45, 7) is 2.16. The second-order valence-electron chi connectivity index (χ2n) is 5.33. The van der Waals surface area contributed by atoms with Gasteiger partial charge in [0.15, 0.2) is 5.65 Å². The number of hydrogen-bond donors (Lipinski definition) is 0. The number of carbonyl (C=O) groups excluding carboxylic acids is 1. The third kappa shape index (κ3) is 2.81. The number of fused-ring (bicyclic) bond motifs is 1. The van der Waals surface area contributed by atoms with Crippen molar-refractivity contribution < 1.29 is 9.53 Å². The molecule has 1 aliphatic rings. The van der Waals surface area contributed by atoms with Gasteiger partial charge in [0.05, 0.1) is 29.8 Å². The molecule has 2 aromatic heterocycles. The van der Waals surface area contributed by atoms with Gasteiger partial charge in [-0.3, -0.25) is 0 Å². The molecule has 3 rings (SSSR count). The van der Waals surface area contributed by atoms with Crippen molar-refractivity contribution in [2.24, 2.45) is 0 Å². The highest BCUT2D eigenvalue weighted by Gasteiger charge is 2.22. The first kappa shape index (κ1) is 14.5. The minimum Gasteiger partial charge on any atom is -0.462 e. The van der Waals surface area contributed by atoms with E-state index in [0.29, 0.717) is 22.8 Å². The lowest BCUT2D eigenvalue weighted by Crippen LogP contribution is -2.14. The van der Waals surface area contributed by atoms with Crippen LogP contribution in [0.25, 0.3) is 11.0 Å². The summed E-state index contributed by atoms with van der Waals surface area (Å²) in [5.74, 6) is -0.325. The fourth-order valence-electron chi connectivity index (χ4n) is 2.96. The van der Waals surface area contributed by atoms with Crippen molar-refractivity contribution in [1.82, 2.24) is 14.8 Å². The van der Waals surface area contributed by atoms with Gasteiger partial charge in [0, 0.05) is 0 Å². The van der Waals surface area contributed by atoms with Crippen molar-refractivity contribution in [2.45, 2.75) is 45.1 Å². The molecule has 5 nitrogen and oxygen atoms in total. The van der Waals surface area contributed by atoms with Crippen molar-refractivity contribution in [3.8, 4) is 0 Å². The van der Waals surface area contributed by atoms with Crippen molar-refractivity contribution in [1.29, 1.82) is 0 Å². The van der Waals surface area contributed by atoms with E-state index in [9.17, 15) is 4.79 Å². The highest BCUT2D eigenvalue weighted by molar-refractivity contribution is 9.10. The molecule has 6 heteroatoms. The van der Waals surface area contributed by atoms with Gasteiger partial charge in [0.25, 0.3) is 0 Å². The maximum Gasteiger partial charge on any atom is 0.339 e. The smallest absolute Gasteiger partial charge is 0.339 e. The Morgan fingerprint density at radius 1 is 1.43 bits per heavy atom. The van der Waals surface area contributed by atoms with E-state index in [0.717, 1.165) is 23.9 Å². The first-order valence-electron chi connectivity index (χ1n) is 7.41. The maximum atomic E-state index is 12.1. The highest BCUT2D eigenvalue weighted by atomic mass is 79.9. The second kappa shape index (κ2) is 6.13. The molecule has 1 fully saturated rings. The van der Waals surface area contributed by atoms with Crippen LogP contribution in [0.2, 0.25) is 0 Å². The van der Waals surface area contributed by atoms with Crippen molar-refractivity contribution in [3.63, 3.8) is 0 Å². The highest BCUT2D eigenvalue weighted by Crippen LogP contribution is 2.31. The zero-order valence-electron chi connectivity index (χ0n) is 12.0. The van der Waals surface area contributed by atoms with Crippen LogP contribution in [0.15, 0.2) is 16.9 Å². The van der Waals surface area contributed by atoms with E-state index in [1.54, 1.807) is 19.2 Å². The van der Waals surface area contributed by atoms with Gasteiger partial charge < -0.3 is 4.74 Å². The number of carbonyl (C=O) groups is 1. The Balaban J connectivity index is 2.06. The molecule has 0 aliphatic heterocycles. The number of esters is 1. The summed E-state index contributed by atoms with van der Waals surface area (Å²) in [6.07, 6.45) is 7.73. The Morgan fingerprint density at radius 2 is 2.19 bits per heavy atom.